The van der Waals surface area contributed by atoms with Gasteiger partial charge in [0.25, 0.3) is 0 Å². The average molecular weight is 316 g/mol. The molecule has 1 aliphatic carbocycles. The summed E-state index contributed by atoms with van der Waals surface area (Å²) in [6, 6.07) is 0. The molecule has 7 nitrogen and oxygen atoms in total. The average Bonchev–Trinajstić information content (AvgIpc) is 2.90. The number of hydrogen-bond donors (Lipinski definition) is 0. The van der Waals surface area contributed by atoms with Crippen LogP contribution in [0, 0.1) is 0 Å². The van der Waals surface area contributed by atoms with E-state index in [1.807, 2.05) is 0 Å². The van der Waals surface area contributed by atoms with Gasteiger partial charge in [0.15, 0.2) is 29.1 Å². The van der Waals surface area contributed by atoms with E-state index in [9.17, 15) is 4.79 Å². The van der Waals surface area contributed by atoms with Gasteiger partial charge < -0.3 is 28.4 Å². The smallest absolute Gasteiger partial charge is 0.198 e. The molecule has 0 aromatic rings. The van der Waals surface area contributed by atoms with Crippen LogP contribution in [0.25, 0.3) is 0 Å². The van der Waals surface area contributed by atoms with Crippen LogP contribution in [0.3, 0.4) is 0 Å². The SMILES string of the molecule is COCO[C@@H]1C[C@]2(COC(C)(C)O2)C(=O)C2OC(C)(C)O[C@@H]21. The van der Waals surface area contributed by atoms with Gasteiger partial charge in [0.1, 0.15) is 12.9 Å². The Kier molecular flexibility index (Phi) is 3.87. The Labute approximate surface area is 130 Å². The number of carbonyl (C=O) groups excluding carboxylic acids is 1. The van der Waals surface area contributed by atoms with E-state index in [1.54, 1.807) is 34.8 Å². The molecule has 7 heteroatoms. The maximum Gasteiger partial charge on any atom is 0.198 e. The summed E-state index contributed by atoms with van der Waals surface area (Å²) in [6.45, 7) is 7.47. The molecule has 2 aliphatic heterocycles. The van der Waals surface area contributed by atoms with E-state index >= 15 is 0 Å². The number of Topliss-reactive ketones (excluding diaryl/α,β-unsaturated/α-hetero) is 1. The van der Waals surface area contributed by atoms with Gasteiger partial charge in [0, 0.05) is 13.5 Å². The van der Waals surface area contributed by atoms with Crippen molar-refractivity contribution in [2.45, 2.75) is 69.6 Å². The molecule has 1 spiro atoms. The zero-order valence-electron chi connectivity index (χ0n) is 13.7. The molecule has 0 radical (unpaired) electrons. The van der Waals surface area contributed by atoms with Crippen LogP contribution in [0.4, 0.5) is 0 Å². The Balaban J connectivity index is 1.88. The number of carbonyl (C=O) groups is 1. The summed E-state index contributed by atoms with van der Waals surface area (Å²) >= 11 is 0. The van der Waals surface area contributed by atoms with Crippen LogP contribution in [-0.4, -0.2) is 61.8 Å². The second-order valence-corrected chi connectivity index (χ2v) is 6.99. The number of hydrogen-bond acceptors (Lipinski definition) is 7. The first-order valence-electron chi connectivity index (χ1n) is 7.53. The van der Waals surface area contributed by atoms with E-state index in [4.69, 9.17) is 28.4 Å². The normalized spacial score (nSPS) is 42.8. The molecule has 0 amide bonds. The summed E-state index contributed by atoms with van der Waals surface area (Å²) in [4.78, 5) is 12.9. The van der Waals surface area contributed by atoms with Crippen molar-refractivity contribution in [1.29, 1.82) is 0 Å². The molecule has 2 heterocycles. The van der Waals surface area contributed by atoms with E-state index < -0.39 is 29.4 Å². The van der Waals surface area contributed by atoms with Gasteiger partial charge in [-0.2, -0.15) is 0 Å². The maximum atomic E-state index is 12.9. The Bertz CT molecular complexity index is 461. The topological polar surface area (TPSA) is 72.5 Å². The predicted molar refractivity (Wildman–Crippen MR) is 74.0 cm³/mol. The first-order chi connectivity index (χ1) is 10.2. The van der Waals surface area contributed by atoms with Crippen molar-refractivity contribution >= 4 is 5.78 Å². The third-order valence-corrected chi connectivity index (χ3v) is 4.23. The molecule has 1 saturated carbocycles. The fourth-order valence-electron chi connectivity index (χ4n) is 3.42. The first kappa shape index (κ1) is 16.3. The molecule has 0 aromatic heterocycles. The summed E-state index contributed by atoms with van der Waals surface area (Å²) < 4.78 is 34.0. The van der Waals surface area contributed by atoms with Crippen LogP contribution in [0.15, 0.2) is 0 Å². The summed E-state index contributed by atoms with van der Waals surface area (Å²) in [6.07, 6.45) is -1.18. The van der Waals surface area contributed by atoms with E-state index in [0.29, 0.717) is 6.42 Å². The van der Waals surface area contributed by atoms with Gasteiger partial charge >= 0.3 is 0 Å². The lowest BCUT2D eigenvalue weighted by Crippen LogP contribution is -2.61. The lowest BCUT2D eigenvalue weighted by Gasteiger charge is -2.40. The zero-order valence-corrected chi connectivity index (χ0v) is 13.7. The van der Waals surface area contributed by atoms with Crippen LogP contribution in [0.1, 0.15) is 34.1 Å². The third kappa shape index (κ3) is 2.70. The van der Waals surface area contributed by atoms with Crippen molar-refractivity contribution in [3.63, 3.8) is 0 Å². The van der Waals surface area contributed by atoms with E-state index in [1.165, 1.54) is 0 Å². The van der Waals surface area contributed by atoms with Crippen LogP contribution in [0.2, 0.25) is 0 Å². The second-order valence-electron chi connectivity index (χ2n) is 6.99. The van der Waals surface area contributed by atoms with Crippen molar-refractivity contribution in [2.24, 2.45) is 0 Å². The minimum Gasteiger partial charge on any atom is -0.359 e. The maximum absolute atomic E-state index is 12.9. The molecule has 126 valence electrons. The van der Waals surface area contributed by atoms with Crippen LogP contribution >= 0.6 is 0 Å². The lowest BCUT2D eigenvalue weighted by molar-refractivity contribution is -0.204. The summed E-state index contributed by atoms with van der Waals surface area (Å²) in [5.74, 6) is -1.77. The third-order valence-electron chi connectivity index (χ3n) is 4.23. The molecular weight excluding hydrogens is 292 g/mol. The largest absolute Gasteiger partial charge is 0.359 e. The van der Waals surface area contributed by atoms with E-state index in [-0.39, 0.29) is 25.3 Å². The van der Waals surface area contributed by atoms with Crippen molar-refractivity contribution in [3.05, 3.63) is 0 Å². The van der Waals surface area contributed by atoms with Gasteiger partial charge in [-0.15, -0.1) is 0 Å². The van der Waals surface area contributed by atoms with Gasteiger partial charge in [-0.1, -0.05) is 0 Å². The van der Waals surface area contributed by atoms with Gasteiger partial charge in [0.2, 0.25) is 0 Å². The van der Waals surface area contributed by atoms with Crippen molar-refractivity contribution < 1.29 is 33.2 Å². The van der Waals surface area contributed by atoms with Gasteiger partial charge in [0.05, 0.1) is 12.7 Å². The number of ketones is 1. The number of methoxy groups -OCH3 is 1. The highest BCUT2D eigenvalue weighted by atomic mass is 16.8. The monoisotopic (exact) mass is 316 g/mol. The van der Waals surface area contributed by atoms with E-state index in [2.05, 4.69) is 0 Å². The van der Waals surface area contributed by atoms with Crippen molar-refractivity contribution in [1.82, 2.24) is 0 Å². The van der Waals surface area contributed by atoms with Crippen LogP contribution in [0.5, 0.6) is 0 Å². The minimum atomic E-state index is -1.05. The molecular formula is C15H24O7. The van der Waals surface area contributed by atoms with Crippen molar-refractivity contribution in [3.8, 4) is 0 Å². The Morgan fingerprint density at radius 2 is 1.91 bits per heavy atom. The highest BCUT2D eigenvalue weighted by molar-refractivity contribution is 5.93. The molecule has 4 atom stereocenters. The molecule has 1 unspecified atom stereocenters. The van der Waals surface area contributed by atoms with Crippen molar-refractivity contribution in [2.75, 3.05) is 20.5 Å². The molecule has 3 aliphatic rings. The summed E-state index contributed by atoms with van der Waals surface area (Å²) in [5, 5.41) is 0. The van der Waals surface area contributed by atoms with Crippen LogP contribution in [-0.2, 0) is 33.2 Å². The Hall–Kier alpha value is -0.570. The number of rotatable bonds is 3. The number of ether oxygens (including phenoxy) is 6. The highest BCUT2D eigenvalue weighted by Gasteiger charge is 2.64. The molecule has 3 fully saturated rings. The fourth-order valence-corrected chi connectivity index (χ4v) is 3.42. The summed E-state index contributed by atoms with van der Waals surface area (Å²) in [5.41, 5.74) is -1.05. The Morgan fingerprint density at radius 3 is 2.50 bits per heavy atom. The number of fused-ring (bicyclic) bond motifs is 1. The fraction of sp³-hybridized carbons (Fsp3) is 0.933. The standard InChI is InChI=1S/C15H24O7/c1-13(2)19-7-15(22-13)6-9(18-8-17-5)10-11(12(15)16)21-14(3,4)20-10/h9-11H,6-8H2,1-5H3/t9-,10-,11?,15+/m1/s1. The molecule has 3 rings (SSSR count). The lowest BCUT2D eigenvalue weighted by atomic mass is 9.79. The minimum absolute atomic E-state index is 0.117. The van der Waals surface area contributed by atoms with Crippen LogP contribution < -0.4 is 0 Å². The highest BCUT2D eigenvalue weighted by Crippen LogP contribution is 2.45. The van der Waals surface area contributed by atoms with Gasteiger partial charge in [-0.3, -0.25) is 4.79 Å². The zero-order chi connectivity index (χ0) is 16.2. The van der Waals surface area contributed by atoms with Gasteiger partial charge in [-0.05, 0) is 27.7 Å². The first-order valence-corrected chi connectivity index (χ1v) is 7.53. The quantitative estimate of drug-likeness (QED) is 0.719. The molecule has 0 aromatic carbocycles. The predicted octanol–water partition coefficient (Wildman–Crippen LogP) is 0.990. The summed E-state index contributed by atoms with van der Waals surface area (Å²) in [7, 11) is 1.55. The van der Waals surface area contributed by atoms with Gasteiger partial charge in [-0.25, -0.2) is 0 Å². The molecule has 0 bridgehead atoms. The van der Waals surface area contributed by atoms with E-state index in [0.717, 1.165) is 0 Å². The second kappa shape index (κ2) is 5.22. The Morgan fingerprint density at radius 1 is 1.18 bits per heavy atom. The molecule has 2 saturated heterocycles. The molecule has 22 heavy (non-hydrogen) atoms. The molecule has 0 N–H and O–H groups in total.